The van der Waals surface area contributed by atoms with Gasteiger partial charge >= 0.3 is 0 Å². The Kier molecular flexibility index (Phi) is 3.48. The highest BCUT2D eigenvalue weighted by Gasteiger charge is 2.14. The number of para-hydroxylation sites is 2. The molecule has 3 rings (SSSR count). The molecule has 0 bridgehead atoms. The number of nitrogens with zero attached hydrogens (tertiary/aromatic N) is 1. The van der Waals surface area contributed by atoms with E-state index in [0.29, 0.717) is 11.4 Å². The Bertz CT molecular complexity index is 731. The first-order valence-corrected chi connectivity index (χ1v) is 7.10. The van der Waals surface area contributed by atoms with Crippen molar-refractivity contribution in [2.75, 3.05) is 7.11 Å². The maximum absolute atomic E-state index is 12.3. The van der Waals surface area contributed by atoms with Crippen molar-refractivity contribution in [3.05, 3.63) is 59.1 Å². The average molecular weight is 283 g/mol. The second-order valence-corrected chi connectivity index (χ2v) is 5.43. The molecule has 0 amide bonds. The van der Waals surface area contributed by atoms with E-state index in [-0.39, 0.29) is 5.78 Å². The van der Waals surface area contributed by atoms with Gasteiger partial charge in [0.2, 0.25) is 0 Å². The smallest absolute Gasteiger partial charge is 0.195 e. The number of hydrogen-bond donors (Lipinski definition) is 0. The monoisotopic (exact) mass is 283 g/mol. The molecule has 0 unspecified atom stereocenters. The van der Waals surface area contributed by atoms with E-state index >= 15 is 0 Å². The maximum atomic E-state index is 12.3. The van der Waals surface area contributed by atoms with Gasteiger partial charge in [-0.1, -0.05) is 30.3 Å². The van der Waals surface area contributed by atoms with Crippen LogP contribution in [0.1, 0.15) is 15.4 Å². The van der Waals surface area contributed by atoms with E-state index in [4.69, 9.17) is 4.74 Å². The van der Waals surface area contributed by atoms with Gasteiger partial charge in [0.15, 0.2) is 10.8 Å². The third-order valence-corrected chi connectivity index (χ3v) is 4.15. The highest BCUT2D eigenvalue weighted by atomic mass is 32.1. The van der Waals surface area contributed by atoms with Crippen LogP contribution in [0.4, 0.5) is 0 Å². The predicted octanol–water partition coefficient (Wildman–Crippen LogP) is 3.73. The standard InChI is InChI=1S/C16H13NO2S/c1-19-14-8-4-2-6-11(14)10-13(18)16-17-12-7-3-5-9-15(12)20-16/h2-9H,10H2,1H3. The fraction of sp³-hybridized carbons (Fsp3) is 0.125. The summed E-state index contributed by atoms with van der Waals surface area (Å²) in [5.41, 5.74) is 1.76. The van der Waals surface area contributed by atoms with Gasteiger partial charge in [0.1, 0.15) is 5.75 Å². The van der Waals surface area contributed by atoms with Crippen molar-refractivity contribution in [3.8, 4) is 5.75 Å². The Morgan fingerprint density at radius 3 is 2.70 bits per heavy atom. The minimum absolute atomic E-state index is 0.0238. The molecule has 1 aromatic heterocycles. The summed E-state index contributed by atoms with van der Waals surface area (Å²) in [5.74, 6) is 0.762. The van der Waals surface area contributed by atoms with Crippen LogP contribution in [0.25, 0.3) is 10.2 Å². The molecular formula is C16H13NO2S. The van der Waals surface area contributed by atoms with E-state index in [1.165, 1.54) is 11.3 Å². The van der Waals surface area contributed by atoms with Crippen molar-refractivity contribution >= 4 is 27.3 Å². The van der Waals surface area contributed by atoms with Crippen molar-refractivity contribution in [3.63, 3.8) is 0 Å². The number of thiazole rings is 1. The van der Waals surface area contributed by atoms with E-state index in [9.17, 15) is 4.79 Å². The molecule has 0 N–H and O–H groups in total. The first kappa shape index (κ1) is 12.8. The van der Waals surface area contributed by atoms with Gasteiger partial charge in [0.05, 0.1) is 17.3 Å². The number of rotatable bonds is 4. The molecule has 0 saturated heterocycles. The van der Waals surface area contributed by atoms with E-state index in [1.807, 2.05) is 48.5 Å². The van der Waals surface area contributed by atoms with Gasteiger partial charge in [-0.3, -0.25) is 4.79 Å². The molecule has 0 aliphatic rings. The molecule has 0 aliphatic carbocycles. The largest absolute Gasteiger partial charge is 0.496 e. The summed E-state index contributed by atoms with van der Waals surface area (Å²) >= 11 is 1.44. The first-order valence-electron chi connectivity index (χ1n) is 6.28. The lowest BCUT2D eigenvalue weighted by molar-refractivity contribution is 0.0992. The number of carbonyl (C=O) groups excluding carboxylic acids is 1. The lowest BCUT2D eigenvalue weighted by atomic mass is 10.1. The Labute approximate surface area is 120 Å². The molecule has 0 spiro atoms. The van der Waals surface area contributed by atoms with Crippen molar-refractivity contribution in [1.29, 1.82) is 0 Å². The summed E-state index contributed by atoms with van der Waals surface area (Å²) in [5, 5.41) is 0.553. The van der Waals surface area contributed by atoms with Gasteiger partial charge in [-0.2, -0.15) is 0 Å². The second-order valence-electron chi connectivity index (χ2n) is 4.40. The van der Waals surface area contributed by atoms with E-state index in [1.54, 1.807) is 7.11 Å². The van der Waals surface area contributed by atoms with Crippen LogP contribution in [0.2, 0.25) is 0 Å². The highest BCUT2D eigenvalue weighted by Crippen LogP contribution is 2.24. The Morgan fingerprint density at radius 1 is 1.15 bits per heavy atom. The minimum atomic E-state index is 0.0238. The lowest BCUT2D eigenvalue weighted by Crippen LogP contribution is -2.04. The van der Waals surface area contributed by atoms with E-state index in [2.05, 4.69) is 4.98 Å². The summed E-state index contributed by atoms with van der Waals surface area (Å²) in [4.78, 5) is 16.7. The number of carbonyl (C=O) groups is 1. The quantitative estimate of drug-likeness (QED) is 0.685. The number of benzene rings is 2. The van der Waals surface area contributed by atoms with Gasteiger partial charge in [0.25, 0.3) is 0 Å². The first-order chi connectivity index (χ1) is 9.78. The zero-order valence-corrected chi connectivity index (χ0v) is 11.8. The van der Waals surface area contributed by atoms with Crippen LogP contribution in [0, 0.1) is 0 Å². The molecule has 2 aromatic carbocycles. The van der Waals surface area contributed by atoms with Gasteiger partial charge < -0.3 is 4.74 Å². The van der Waals surface area contributed by atoms with Crippen LogP contribution in [-0.2, 0) is 6.42 Å². The molecule has 0 saturated carbocycles. The van der Waals surface area contributed by atoms with Crippen LogP contribution in [0.3, 0.4) is 0 Å². The minimum Gasteiger partial charge on any atom is -0.496 e. The predicted molar refractivity (Wildman–Crippen MR) is 80.6 cm³/mol. The van der Waals surface area contributed by atoms with Gasteiger partial charge in [-0.05, 0) is 18.2 Å². The molecule has 3 nitrogen and oxygen atoms in total. The van der Waals surface area contributed by atoms with Crippen LogP contribution >= 0.6 is 11.3 Å². The zero-order valence-electron chi connectivity index (χ0n) is 11.0. The number of aromatic nitrogens is 1. The molecule has 0 fully saturated rings. The summed E-state index contributed by atoms with van der Waals surface area (Å²) in [6, 6.07) is 15.4. The lowest BCUT2D eigenvalue weighted by Gasteiger charge is -2.06. The number of methoxy groups -OCH3 is 1. The van der Waals surface area contributed by atoms with Crippen LogP contribution in [-0.4, -0.2) is 17.9 Å². The number of Topliss-reactive ketones (excluding diaryl/α,β-unsaturated/α-hetero) is 1. The van der Waals surface area contributed by atoms with Crippen LogP contribution in [0.5, 0.6) is 5.75 Å². The summed E-state index contributed by atoms with van der Waals surface area (Å²) in [6.45, 7) is 0. The molecule has 0 atom stereocenters. The number of hydrogen-bond acceptors (Lipinski definition) is 4. The molecule has 3 aromatic rings. The molecule has 0 radical (unpaired) electrons. The molecular weight excluding hydrogens is 270 g/mol. The molecule has 20 heavy (non-hydrogen) atoms. The highest BCUT2D eigenvalue weighted by molar-refractivity contribution is 7.20. The second kappa shape index (κ2) is 5.43. The Morgan fingerprint density at radius 2 is 1.90 bits per heavy atom. The molecule has 1 heterocycles. The van der Waals surface area contributed by atoms with Crippen molar-refractivity contribution < 1.29 is 9.53 Å². The fourth-order valence-corrected chi connectivity index (χ4v) is 2.99. The number of fused-ring (bicyclic) bond motifs is 1. The Hall–Kier alpha value is -2.20. The molecule has 100 valence electrons. The maximum Gasteiger partial charge on any atom is 0.195 e. The third-order valence-electron chi connectivity index (χ3n) is 3.08. The van der Waals surface area contributed by atoms with Gasteiger partial charge in [0, 0.05) is 12.0 Å². The number of ketones is 1. The van der Waals surface area contributed by atoms with Gasteiger partial charge in [-0.25, -0.2) is 4.98 Å². The molecule has 4 heteroatoms. The Balaban J connectivity index is 1.89. The van der Waals surface area contributed by atoms with Crippen LogP contribution < -0.4 is 4.74 Å². The van der Waals surface area contributed by atoms with Crippen molar-refractivity contribution in [2.24, 2.45) is 0 Å². The van der Waals surface area contributed by atoms with E-state index in [0.717, 1.165) is 21.5 Å². The normalized spacial score (nSPS) is 10.7. The fourth-order valence-electron chi connectivity index (χ4n) is 2.09. The molecule has 0 aliphatic heterocycles. The van der Waals surface area contributed by atoms with Crippen LogP contribution in [0.15, 0.2) is 48.5 Å². The van der Waals surface area contributed by atoms with Gasteiger partial charge in [-0.15, -0.1) is 11.3 Å². The zero-order chi connectivity index (χ0) is 13.9. The topological polar surface area (TPSA) is 39.2 Å². The van der Waals surface area contributed by atoms with Crippen molar-refractivity contribution in [1.82, 2.24) is 4.98 Å². The number of ether oxygens (including phenoxy) is 1. The van der Waals surface area contributed by atoms with Crippen molar-refractivity contribution in [2.45, 2.75) is 6.42 Å². The van der Waals surface area contributed by atoms with E-state index < -0.39 is 0 Å². The summed E-state index contributed by atoms with van der Waals surface area (Å²) in [6.07, 6.45) is 0.309. The third kappa shape index (κ3) is 2.42. The SMILES string of the molecule is COc1ccccc1CC(=O)c1nc2ccccc2s1. The average Bonchev–Trinajstić information content (AvgIpc) is 2.92. The summed E-state index contributed by atoms with van der Waals surface area (Å²) < 4.78 is 6.31. The summed E-state index contributed by atoms with van der Waals surface area (Å²) in [7, 11) is 1.61.